The van der Waals surface area contributed by atoms with Crippen molar-refractivity contribution in [2.45, 2.75) is 25.0 Å². The van der Waals surface area contributed by atoms with E-state index in [1.165, 1.54) is 14.2 Å². The minimum Gasteiger partial charge on any atom is -0.490 e. The number of benzene rings is 1. The van der Waals surface area contributed by atoms with Crippen molar-refractivity contribution < 1.29 is 28.5 Å². The minimum atomic E-state index is -1.12. The maximum atomic E-state index is 13.0. The standard InChI is InChI=1S/C21H22O6/c1-5-8-21(24-4)10-14-12(2)17(27-18(14)19(23-3)20(21)22)13-6-7-15-16(9-13)26-11-25-15/h5-7,9-10,12,17H,1,8,11H2,2-4H3. The summed E-state index contributed by atoms with van der Waals surface area (Å²) in [6.45, 7) is 6.04. The van der Waals surface area contributed by atoms with Gasteiger partial charge in [-0.3, -0.25) is 4.79 Å². The summed E-state index contributed by atoms with van der Waals surface area (Å²) in [5.74, 6) is 1.82. The number of fused-ring (bicyclic) bond motifs is 2. The zero-order valence-electron chi connectivity index (χ0n) is 15.6. The molecule has 0 radical (unpaired) electrons. The van der Waals surface area contributed by atoms with Gasteiger partial charge in [0.05, 0.1) is 7.11 Å². The molecule has 6 heteroatoms. The number of ether oxygens (including phenoxy) is 5. The van der Waals surface area contributed by atoms with Gasteiger partial charge in [0.2, 0.25) is 18.3 Å². The van der Waals surface area contributed by atoms with Crippen LogP contribution in [0.25, 0.3) is 0 Å². The minimum absolute atomic E-state index is 0.00189. The predicted molar refractivity (Wildman–Crippen MR) is 97.2 cm³/mol. The number of carbonyl (C=O) groups excluding carboxylic acids is 1. The fourth-order valence-corrected chi connectivity index (χ4v) is 3.89. The summed E-state index contributed by atoms with van der Waals surface area (Å²) < 4.78 is 28.1. The van der Waals surface area contributed by atoms with Crippen molar-refractivity contribution >= 4 is 5.78 Å². The van der Waals surface area contributed by atoms with Crippen molar-refractivity contribution in [3.63, 3.8) is 0 Å². The molecule has 2 aliphatic heterocycles. The summed E-state index contributed by atoms with van der Waals surface area (Å²) in [7, 11) is 2.99. The number of Topliss-reactive ketones (excluding diaryl/α,β-unsaturated/α-hetero) is 1. The molecule has 3 atom stereocenters. The Morgan fingerprint density at radius 1 is 1.30 bits per heavy atom. The second-order valence-electron chi connectivity index (χ2n) is 6.82. The highest BCUT2D eigenvalue weighted by Gasteiger charge is 2.50. The lowest BCUT2D eigenvalue weighted by molar-refractivity contribution is -0.135. The van der Waals surface area contributed by atoms with E-state index in [9.17, 15) is 4.79 Å². The van der Waals surface area contributed by atoms with Crippen molar-refractivity contribution in [1.82, 2.24) is 0 Å². The molecule has 3 unspecified atom stereocenters. The molecule has 1 aromatic rings. The summed E-state index contributed by atoms with van der Waals surface area (Å²) in [4.78, 5) is 13.0. The van der Waals surface area contributed by atoms with Crippen LogP contribution in [0.5, 0.6) is 11.5 Å². The maximum Gasteiger partial charge on any atom is 0.237 e. The SMILES string of the molecule is C=CCC1(OC)C=C2C(=C(OC)C1=O)OC(c1ccc3c(c1)OCO3)C2C. The fourth-order valence-electron chi connectivity index (χ4n) is 3.89. The topological polar surface area (TPSA) is 63.2 Å². The number of allylic oxidation sites excluding steroid dienone is 1. The Kier molecular flexibility index (Phi) is 4.23. The first kappa shape index (κ1) is 17.7. The molecule has 2 heterocycles. The van der Waals surface area contributed by atoms with E-state index in [0.717, 1.165) is 16.9 Å². The zero-order valence-corrected chi connectivity index (χ0v) is 15.6. The lowest BCUT2D eigenvalue weighted by Crippen LogP contribution is -2.43. The molecule has 0 amide bonds. The van der Waals surface area contributed by atoms with Crippen molar-refractivity contribution in [2.24, 2.45) is 5.92 Å². The van der Waals surface area contributed by atoms with Crippen LogP contribution >= 0.6 is 0 Å². The Morgan fingerprint density at radius 3 is 2.78 bits per heavy atom. The fraction of sp³-hybridized carbons (Fsp3) is 0.381. The van der Waals surface area contributed by atoms with Crippen molar-refractivity contribution in [1.29, 1.82) is 0 Å². The third-order valence-electron chi connectivity index (χ3n) is 5.38. The van der Waals surface area contributed by atoms with Crippen molar-refractivity contribution in [3.05, 3.63) is 59.6 Å². The van der Waals surface area contributed by atoms with E-state index in [2.05, 4.69) is 13.5 Å². The monoisotopic (exact) mass is 370 g/mol. The number of methoxy groups -OCH3 is 2. The smallest absolute Gasteiger partial charge is 0.237 e. The molecule has 1 saturated heterocycles. The Labute approximate surface area is 158 Å². The van der Waals surface area contributed by atoms with E-state index in [0.29, 0.717) is 17.9 Å². The van der Waals surface area contributed by atoms with Gasteiger partial charge in [0, 0.05) is 25.0 Å². The van der Waals surface area contributed by atoms with Crippen molar-refractivity contribution in [2.75, 3.05) is 21.0 Å². The first-order chi connectivity index (χ1) is 13.0. The number of hydrogen-bond acceptors (Lipinski definition) is 6. The maximum absolute atomic E-state index is 13.0. The van der Waals surface area contributed by atoms with Crippen molar-refractivity contribution in [3.8, 4) is 11.5 Å². The normalized spacial score (nSPS) is 28.6. The van der Waals surface area contributed by atoms with Gasteiger partial charge in [-0.1, -0.05) is 19.1 Å². The number of rotatable bonds is 5. The molecule has 3 aliphatic rings. The third kappa shape index (κ3) is 2.55. The average molecular weight is 370 g/mol. The molecular formula is C21H22O6. The first-order valence-electron chi connectivity index (χ1n) is 8.83. The highest BCUT2D eigenvalue weighted by Crippen LogP contribution is 2.50. The molecule has 0 bridgehead atoms. The summed E-state index contributed by atoms with van der Waals surface area (Å²) in [6.07, 6.45) is 3.61. The largest absolute Gasteiger partial charge is 0.490 e. The summed E-state index contributed by atoms with van der Waals surface area (Å²) >= 11 is 0. The molecule has 1 aliphatic carbocycles. The Morgan fingerprint density at radius 2 is 2.07 bits per heavy atom. The zero-order chi connectivity index (χ0) is 19.2. The molecule has 27 heavy (non-hydrogen) atoms. The van der Waals surface area contributed by atoms with Crippen LogP contribution in [-0.2, 0) is 19.0 Å². The molecule has 0 N–H and O–H groups in total. The third-order valence-corrected chi connectivity index (χ3v) is 5.38. The molecule has 0 aromatic heterocycles. The molecule has 142 valence electrons. The second kappa shape index (κ2) is 6.46. The van der Waals surface area contributed by atoms with E-state index in [4.69, 9.17) is 23.7 Å². The van der Waals surface area contributed by atoms with Crippen LogP contribution in [0.3, 0.4) is 0 Å². The molecule has 0 spiro atoms. The summed E-state index contributed by atoms with van der Waals surface area (Å²) in [5, 5.41) is 0. The highest BCUT2D eigenvalue weighted by molar-refractivity contribution is 6.04. The Balaban J connectivity index is 1.77. The van der Waals surface area contributed by atoms with Crippen LogP contribution in [0, 0.1) is 5.92 Å². The average Bonchev–Trinajstić information content (AvgIpc) is 3.27. The molecular weight excluding hydrogens is 348 g/mol. The van der Waals surface area contributed by atoms with Crippen LogP contribution in [0.2, 0.25) is 0 Å². The number of hydrogen-bond donors (Lipinski definition) is 0. The molecule has 6 nitrogen and oxygen atoms in total. The summed E-state index contributed by atoms with van der Waals surface area (Å²) in [5.41, 5.74) is 0.731. The highest BCUT2D eigenvalue weighted by atomic mass is 16.7. The Bertz CT molecular complexity index is 867. The number of carbonyl (C=O) groups is 1. The van der Waals surface area contributed by atoms with Crippen LogP contribution in [0.1, 0.15) is 25.0 Å². The molecule has 1 aromatic carbocycles. The van der Waals surface area contributed by atoms with E-state index < -0.39 is 5.60 Å². The lowest BCUT2D eigenvalue weighted by atomic mass is 9.81. The van der Waals surface area contributed by atoms with Gasteiger partial charge in [-0.05, 0) is 23.8 Å². The van der Waals surface area contributed by atoms with E-state index in [1.54, 1.807) is 6.08 Å². The van der Waals surface area contributed by atoms with E-state index >= 15 is 0 Å². The second-order valence-corrected chi connectivity index (χ2v) is 6.82. The first-order valence-corrected chi connectivity index (χ1v) is 8.83. The van der Waals surface area contributed by atoms with Crippen LogP contribution in [-0.4, -0.2) is 32.4 Å². The van der Waals surface area contributed by atoms with Gasteiger partial charge in [0.15, 0.2) is 22.9 Å². The Hall–Kier alpha value is -2.73. The van der Waals surface area contributed by atoms with Gasteiger partial charge in [0.25, 0.3) is 0 Å². The van der Waals surface area contributed by atoms with Gasteiger partial charge >= 0.3 is 0 Å². The van der Waals surface area contributed by atoms with Gasteiger partial charge in [-0.2, -0.15) is 0 Å². The van der Waals surface area contributed by atoms with Crippen LogP contribution in [0.4, 0.5) is 0 Å². The molecule has 0 saturated carbocycles. The number of ketones is 1. The molecule has 1 fully saturated rings. The quantitative estimate of drug-likeness (QED) is 0.740. The van der Waals surface area contributed by atoms with Gasteiger partial charge in [-0.25, -0.2) is 0 Å². The summed E-state index contributed by atoms with van der Waals surface area (Å²) in [6, 6.07) is 5.75. The van der Waals surface area contributed by atoms with E-state index in [-0.39, 0.29) is 30.4 Å². The molecule has 4 rings (SSSR count). The van der Waals surface area contributed by atoms with Crippen LogP contribution < -0.4 is 9.47 Å². The van der Waals surface area contributed by atoms with Gasteiger partial charge in [0.1, 0.15) is 6.10 Å². The van der Waals surface area contributed by atoms with E-state index in [1.807, 2.05) is 24.3 Å². The van der Waals surface area contributed by atoms with Crippen LogP contribution in [0.15, 0.2) is 54.0 Å². The lowest BCUT2D eigenvalue weighted by Gasteiger charge is -2.31. The predicted octanol–water partition coefficient (Wildman–Crippen LogP) is 3.45. The van der Waals surface area contributed by atoms with Gasteiger partial charge < -0.3 is 23.7 Å². The van der Waals surface area contributed by atoms with Gasteiger partial charge in [-0.15, -0.1) is 6.58 Å².